The van der Waals surface area contributed by atoms with Crippen LogP contribution in [0.25, 0.3) is 11.1 Å². The van der Waals surface area contributed by atoms with Crippen molar-refractivity contribution in [1.29, 1.82) is 0 Å². The molecule has 2 N–H and O–H groups in total. The number of Topliss-reactive ketones (excluding diaryl/α,β-unsaturated/α-hetero) is 1. The molecule has 1 aromatic heterocycles. The van der Waals surface area contributed by atoms with Gasteiger partial charge in [0, 0.05) is 5.56 Å². The molecular weight excluding hydrogens is 586 g/mol. The van der Waals surface area contributed by atoms with Gasteiger partial charge >= 0.3 is 6.61 Å². The monoisotopic (exact) mass is 614 g/mol. The summed E-state index contributed by atoms with van der Waals surface area (Å²) in [5, 5.41) is 2.44. The van der Waals surface area contributed by atoms with Crippen LogP contribution in [0.15, 0.2) is 57.9 Å². The normalized spacial score (nSPS) is 14.0. The lowest BCUT2D eigenvalue weighted by Crippen LogP contribution is -2.47. The van der Waals surface area contributed by atoms with Crippen LogP contribution in [0.1, 0.15) is 36.5 Å². The van der Waals surface area contributed by atoms with Crippen molar-refractivity contribution in [3.8, 4) is 5.75 Å². The number of amides is 1. The number of sulfone groups is 1. The standard InChI is InChI=1S/C25H28F2N4O8S2/c1-4-17(22(32)24-30-18-10-6-8-12-21(18)38-24)29-23(33)19(28-15(2)31-40(3,34)35)14-41(36,37)13-16-9-5-7-11-20(16)39-25(26)27/h5-12,17,19,25H,4,13-14H2,1-3H3,(H,28,31)(H,29,33)/t17-,19-/m0/s1. The number of hydrogen-bond acceptors (Lipinski definition) is 10. The van der Waals surface area contributed by atoms with E-state index < -0.39 is 61.8 Å². The minimum absolute atomic E-state index is 0.0748. The van der Waals surface area contributed by atoms with Crippen LogP contribution in [-0.4, -0.2) is 70.0 Å². The van der Waals surface area contributed by atoms with Gasteiger partial charge in [-0.15, -0.1) is 0 Å². The zero-order valence-corrected chi connectivity index (χ0v) is 23.8. The molecule has 2 aromatic carbocycles. The van der Waals surface area contributed by atoms with E-state index in [1.807, 2.05) is 0 Å². The summed E-state index contributed by atoms with van der Waals surface area (Å²) in [5.74, 6) is -4.33. The number of rotatable bonds is 13. The van der Waals surface area contributed by atoms with Gasteiger partial charge in [0.15, 0.2) is 15.4 Å². The van der Waals surface area contributed by atoms with Crippen LogP contribution in [0.4, 0.5) is 8.78 Å². The first-order chi connectivity index (χ1) is 19.2. The molecule has 2 atom stereocenters. The molecule has 0 radical (unpaired) electrons. The van der Waals surface area contributed by atoms with Gasteiger partial charge in [0.05, 0.1) is 23.8 Å². The number of fused-ring (bicyclic) bond motifs is 1. The summed E-state index contributed by atoms with van der Waals surface area (Å²) in [6.45, 7) is -0.395. The minimum atomic E-state index is -4.24. The number of ketones is 1. The third kappa shape index (κ3) is 9.31. The third-order valence-electron chi connectivity index (χ3n) is 5.51. The molecule has 222 valence electrons. The van der Waals surface area contributed by atoms with Crippen LogP contribution in [-0.2, 0) is 30.4 Å². The first kappa shape index (κ1) is 31.6. The first-order valence-corrected chi connectivity index (χ1v) is 15.8. The van der Waals surface area contributed by atoms with E-state index in [0.717, 1.165) is 6.26 Å². The van der Waals surface area contributed by atoms with E-state index in [9.17, 15) is 35.2 Å². The number of carbonyl (C=O) groups is 2. The van der Waals surface area contributed by atoms with Crippen molar-refractivity contribution in [2.75, 3.05) is 12.0 Å². The Balaban J connectivity index is 1.87. The van der Waals surface area contributed by atoms with Gasteiger partial charge in [0.2, 0.25) is 21.7 Å². The predicted molar refractivity (Wildman–Crippen MR) is 146 cm³/mol. The van der Waals surface area contributed by atoms with Crippen molar-refractivity contribution in [1.82, 2.24) is 15.0 Å². The molecule has 0 aliphatic rings. The summed E-state index contributed by atoms with van der Waals surface area (Å²) in [6, 6.07) is 8.98. The van der Waals surface area contributed by atoms with E-state index in [0.29, 0.717) is 11.1 Å². The van der Waals surface area contributed by atoms with E-state index in [-0.39, 0.29) is 29.5 Å². The molecule has 0 spiro atoms. The zero-order chi connectivity index (χ0) is 30.4. The number of para-hydroxylation sites is 3. The van der Waals surface area contributed by atoms with Crippen molar-refractivity contribution in [2.24, 2.45) is 4.99 Å². The van der Waals surface area contributed by atoms with Gasteiger partial charge in [0.25, 0.3) is 5.89 Å². The van der Waals surface area contributed by atoms with E-state index in [1.54, 1.807) is 31.2 Å². The van der Waals surface area contributed by atoms with E-state index in [2.05, 4.69) is 24.8 Å². The number of aliphatic imine (C=N–C) groups is 1. The Morgan fingerprint density at radius 1 is 1.07 bits per heavy atom. The van der Waals surface area contributed by atoms with Crippen LogP contribution in [0, 0.1) is 0 Å². The van der Waals surface area contributed by atoms with Crippen molar-refractivity contribution >= 4 is 48.5 Å². The number of aromatic nitrogens is 1. The smallest absolute Gasteiger partial charge is 0.387 e. The summed E-state index contributed by atoms with van der Waals surface area (Å²) in [5.41, 5.74) is 0.688. The molecule has 12 nitrogen and oxygen atoms in total. The Morgan fingerprint density at radius 2 is 1.73 bits per heavy atom. The lowest BCUT2D eigenvalue weighted by Gasteiger charge is -2.19. The van der Waals surface area contributed by atoms with Gasteiger partial charge in [-0.2, -0.15) is 8.78 Å². The highest BCUT2D eigenvalue weighted by Crippen LogP contribution is 2.23. The molecule has 0 saturated heterocycles. The Labute approximate surface area is 235 Å². The highest BCUT2D eigenvalue weighted by atomic mass is 32.2. The molecule has 3 rings (SSSR count). The van der Waals surface area contributed by atoms with Crippen molar-refractivity contribution < 1.29 is 44.4 Å². The molecule has 0 saturated carbocycles. The lowest BCUT2D eigenvalue weighted by atomic mass is 10.1. The quantitative estimate of drug-likeness (QED) is 0.166. The second-order valence-electron chi connectivity index (χ2n) is 8.97. The third-order valence-corrected chi connectivity index (χ3v) is 7.75. The number of carbonyl (C=O) groups excluding carboxylic acids is 2. The first-order valence-electron chi connectivity index (χ1n) is 12.1. The van der Waals surface area contributed by atoms with Crippen molar-refractivity contribution in [3.05, 3.63) is 60.0 Å². The Hall–Kier alpha value is -3.92. The maximum absolute atomic E-state index is 13.3. The van der Waals surface area contributed by atoms with E-state index >= 15 is 0 Å². The number of amidine groups is 1. The van der Waals surface area contributed by atoms with Gasteiger partial charge in [-0.3, -0.25) is 19.3 Å². The summed E-state index contributed by atoms with van der Waals surface area (Å²) < 4.78 is 87.0. The fourth-order valence-electron chi connectivity index (χ4n) is 3.82. The molecule has 41 heavy (non-hydrogen) atoms. The van der Waals surface area contributed by atoms with E-state index in [4.69, 9.17) is 4.42 Å². The molecule has 0 unspecified atom stereocenters. The van der Waals surface area contributed by atoms with Crippen LogP contribution < -0.4 is 14.8 Å². The fourth-order valence-corrected chi connectivity index (χ4v) is 5.94. The SMILES string of the molecule is CC[C@H](NC(=O)[C@H](CS(=O)(=O)Cc1ccccc1OC(F)F)N=C(C)NS(C)(=O)=O)C(=O)c1nc2ccccc2o1. The number of nitrogens with zero attached hydrogens (tertiary/aromatic N) is 2. The van der Waals surface area contributed by atoms with Crippen LogP contribution >= 0.6 is 0 Å². The highest BCUT2D eigenvalue weighted by Gasteiger charge is 2.31. The summed E-state index contributed by atoms with van der Waals surface area (Å²) in [4.78, 5) is 34.4. The topological polar surface area (TPSA) is 174 Å². The molecule has 0 fully saturated rings. The number of alkyl halides is 2. The van der Waals surface area contributed by atoms with E-state index in [1.165, 1.54) is 31.2 Å². The Bertz CT molecular complexity index is 1620. The van der Waals surface area contributed by atoms with Gasteiger partial charge in [-0.1, -0.05) is 37.3 Å². The predicted octanol–water partition coefficient (Wildman–Crippen LogP) is 2.46. The molecule has 3 aromatic rings. The van der Waals surface area contributed by atoms with Crippen molar-refractivity contribution in [2.45, 2.75) is 44.7 Å². The molecule has 16 heteroatoms. The Morgan fingerprint density at radius 3 is 2.37 bits per heavy atom. The minimum Gasteiger partial charge on any atom is -0.435 e. The largest absolute Gasteiger partial charge is 0.435 e. The van der Waals surface area contributed by atoms with Gasteiger partial charge in [-0.25, -0.2) is 21.8 Å². The summed E-state index contributed by atoms with van der Waals surface area (Å²) in [6.07, 6.45) is 0.912. The Kier molecular flexibility index (Phi) is 10.1. The number of oxazole rings is 1. The van der Waals surface area contributed by atoms with Gasteiger partial charge < -0.3 is 14.5 Å². The number of halogens is 2. The maximum Gasteiger partial charge on any atom is 0.387 e. The highest BCUT2D eigenvalue weighted by molar-refractivity contribution is 7.90. The lowest BCUT2D eigenvalue weighted by molar-refractivity contribution is -0.122. The number of ether oxygens (including phenoxy) is 1. The number of hydrogen-bond donors (Lipinski definition) is 2. The van der Waals surface area contributed by atoms with Crippen LogP contribution in [0.3, 0.4) is 0 Å². The molecular formula is C25H28F2N4O8S2. The van der Waals surface area contributed by atoms with Gasteiger partial charge in [-0.05, 0) is 31.5 Å². The average molecular weight is 615 g/mol. The van der Waals surface area contributed by atoms with Gasteiger partial charge in [0.1, 0.15) is 23.1 Å². The zero-order valence-electron chi connectivity index (χ0n) is 22.2. The number of nitrogens with one attached hydrogen (secondary N) is 2. The summed E-state index contributed by atoms with van der Waals surface area (Å²) >= 11 is 0. The molecule has 1 amide bonds. The van der Waals surface area contributed by atoms with Crippen LogP contribution in [0.2, 0.25) is 0 Å². The van der Waals surface area contributed by atoms with Crippen molar-refractivity contribution in [3.63, 3.8) is 0 Å². The summed E-state index contributed by atoms with van der Waals surface area (Å²) in [7, 11) is -8.06. The molecule has 0 aliphatic heterocycles. The fraction of sp³-hybridized carbons (Fsp3) is 0.360. The van der Waals surface area contributed by atoms with Crippen LogP contribution in [0.5, 0.6) is 5.75 Å². The second kappa shape index (κ2) is 13.2. The molecule has 0 bridgehead atoms. The number of benzene rings is 2. The number of sulfonamides is 1. The molecule has 1 heterocycles. The maximum atomic E-state index is 13.3. The molecule has 0 aliphatic carbocycles. The second-order valence-corrected chi connectivity index (χ2v) is 12.8. The average Bonchev–Trinajstić information content (AvgIpc) is 3.30.